The standard InChI is InChI=1S/C21H28N6O2S/c1-5-13-29-18-14-16(7-8-17(18)28-4)15-23-20(22-3)26-9-11-27(12-10-26)21-24-19(6-2)25-30-21/h1,7-8,14H,6,9-13,15H2,2-4H3,(H,22,23). The molecule has 0 bridgehead atoms. The van der Waals surface area contributed by atoms with Crippen molar-refractivity contribution in [3.63, 3.8) is 0 Å². The Labute approximate surface area is 182 Å². The number of hydrogen-bond acceptors (Lipinski definition) is 7. The number of nitrogens with one attached hydrogen (secondary N) is 1. The Morgan fingerprint density at radius 1 is 1.30 bits per heavy atom. The second-order valence-corrected chi connectivity index (χ2v) is 7.43. The van der Waals surface area contributed by atoms with Crippen LogP contribution in [0.2, 0.25) is 0 Å². The molecule has 0 radical (unpaired) electrons. The van der Waals surface area contributed by atoms with Crippen LogP contribution in [0.3, 0.4) is 0 Å². The van der Waals surface area contributed by atoms with Gasteiger partial charge in [-0.25, -0.2) is 4.98 Å². The molecule has 1 aromatic heterocycles. The number of terminal acetylenes is 1. The lowest BCUT2D eigenvalue weighted by Gasteiger charge is -2.36. The highest BCUT2D eigenvalue weighted by Crippen LogP contribution is 2.28. The fourth-order valence-corrected chi connectivity index (χ4v) is 4.00. The molecule has 0 amide bonds. The van der Waals surface area contributed by atoms with E-state index in [9.17, 15) is 0 Å². The molecule has 2 heterocycles. The highest BCUT2D eigenvalue weighted by Gasteiger charge is 2.22. The molecule has 1 aliphatic rings. The van der Waals surface area contributed by atoms with Gasteiger partial charge in [0.2, 0.25) is 5.13 Å². The fraction of sp³-hybridized carbons (Fsp3) is 0.476. The number of benzene rings is 1. The zero-order chi connectivity index (χ0) is 21.3. The van der Waals surface area contributed by atoms with Crippen molar-refractivity contribution in [1.29, 1.82) is 0 Å². The SMILES string of the molecule is C#CCOc1cc(CNC(=NC)N2CCN(c3nc(CC)ns3)CC2)ccc1OC. The van der Waals surface area contributed by atoms with Gasteiger partial charge >= 0.3 is 0 Å². The second kappa shape index (κ2) is 10.7. The highest BCUT2D eigenvalue weighted by molar-refractivity contribution is 7.09. The number of aromatic nitrogens is 2. The van der Waals surface area contributed by atoms with E-state index >= 15 is 0 Å². The Kier molecular flexibility index (Phi) is 7.74. The summed E-state index contributed by atoms with van der Waals surface area (Å²) in [6.07, 6.45) is 6.17. The van der Waals surface area contributed by atoms with Gasteiger partial charge in [0.05, 0.1) is 7.11 Å². The van der Waals surface area contributed by atoms with Crippen molar-refractivity contribution >= 4 is 22.6 Å². The molecule has 0 spiro atoms. The largest absolute Gasteiger partial charge is 0.493 e. The Bertz CT molecular complexity index is 899. The van der Waals surface area contributed by atoms with E-state index in [-0.39, 0.29) is 6.61 Å². The first-order valence-corrected chi connectivity index (χ1v) is 10.7. The molecule has 1 aliphatic heterocycles. The fourth-order valence-electron chi connectivity index (χ4n) is 3.20. The summed E-state index contributed by atoms with van der Waals surface area (Å²) in [6.45, 7) is 6.44. The third kappa shape index (κ3) is 5.33. The minimum Gasteiger partial charge on any atom is -0.493 e. The average Bonchev–Trinajstić information content (AvgIpc) is 3.28. The van der Waals surface area contributed by atoms with E-state index in [2.05, 4.69) is 42.3 Å². The minimum absolute atomic E-state index is 0.202. The number of nitrogens with zero attached hydrogens (tertiary/aromatic N) is 5. The van der Waals surface area contributed by atoms with Crippen molar-refractivity contribution in [3.05, 3.63) is 29.6 Å². The molecule has 0 atom stereocenters. The minimum atomic E-state index is 0.202. The predicted molar refractivity (Wildman–Crippen MR) is 121 cm³/mol. The summed E-state index contributed by atoms with van der Waals surface area (Å²) >= 11 is 1.48. The molecular weight excluding hydrogens is 400 g/mol. The molecule has 0 saturated carbocycles. The van der Waals surface area contributed by atoms with E-state index in [1.165, 1.54) is 11.5 Å². The van der Waals surface area contributed by atoms with Crippen LogP contribution in [0.15, 0.2) is 23.2 Å². The number of piperazine rings is 1. The van der Waals surface area contributed by atoms with Gasteiger partial charge in [-0.3, -0.25) is 4.99 Å². The maximum atomic E-state index is 5.59. The van der Waals surface area contributed by atoms with E-state index in [0.717, 1.165) is 55.1 Å². The Balaban J connectivity index is 1.56. The smallest absolute Gasteiger partial charge is 0.205 e. The van der Waals surface area contributed by atoms with E-state index in [4.69, 9.17) is 15.9 Å². The number of aryl methyl sites for hydroxylation is 1. The molecule has 160 valence electrons. The number of rotatable bonds is 7. The molecule has 8 nitrogen and oxygen atoms in total. The summed E-state index contributed by atoms with van der Waals surface area (Å²) in [5, 5.41) is 4.45. The number of guanidine groups is 1. The highest BCUT2D eigenvalue weighted by atomic mass is 32.1. The van der Waals surface area contributed by atoms with Crippen LogP contribution >= 0.6 is 11.5 Å². The monoisotopic (exact) mass is 428 g/mol. The van der Waals surface area contributed by atoms with Crippen molar-refractivity contribution in [1.82, 2.24) is 19.6 Å². The maximum Gasteiger partial charge on any atom is 0.205 e. The molecule has 9 heteroatoms. The molecule has 2 aromatic rings. The van der Waals surface area contributed by atoms with Gasteiger partial charge in [0, 0.05) is 57.7 Å². The summed E-state index contributed by atoms with van der Waals surface area (Å²) in [4.78, 5) is 13.6. The lowest BCUT2D eigenvalue weighted by molar-refractivity contribution is 0.330. The topological polar surface area (TPSA) is 75.1 Å². The zero-order valence-corrected chi connectivity index (χ0v) is 18.5. The maximum absolute atomic E-state index is 5.59. The molecule has 3 rings (SSSR count). The Morgan fingerprint density at radius 2 is 2.10 bits per heavy atom. The first-order valence-electron chi connectivity index (χ1n) is 9.94. The van der Waals surface area contributed by atoms with Crippen LogP contribution < -0.4 is 19.7 Å². The van der Waals surface area contributed by atoms with Gasteiger partial charge in [-0.15, -0.1) is 6.42 Å². The van der Waals surface area contributed by atoms with Gasteiger partial charge in [-0.1, -0.05) is 18.9 Å². The summed E-state index contributed by atoms with van der Waals surface area (Å²) in [7, 11) is 3.42. The van der Waals surface area contributed by atoms with Crippen LogP contribution in [0.4, 0.5) is 5.13 Å². The lowest BCUT2D eigenvalue weighted by atomic mass is 10.2. The molecule has 0 unspecified atom stereocenters. The van der Waals surface area contributed by atoms with Crippen LogP contribution in [0, 0.1) is 12.3 Å². The van der Waals surface area contributed by atoms with Crippen molar-refractivity contribution in [3.8, 4) is 23.8 Å². The number of aliphatic imine (C=N–C) groups is 1. The van der Waals surface area contributed by atoms with Crippen LogP contribution in [0.1, 0.15) is 18.3 Å². The van der Waals surface area contributed by atoms with Gasteiger partial charge in [-0.2, -0.15) is 4.37 Å². The summed E-state index contributed by atoms with van der Waals surface area (Å²) in [5.41, 5.74) is 1.06. The van der Waals surface area contributed by atoms with Gasteiger partial charge in [0.25, 0.3) is 0 Å². The summed E-state index contributed by atoms with van der Waals surface area (Å²) < 4.78 is 15.3. The molecule has 1 N–H and O–H groups in total. The van der Waals surface area contributed by atoms with E-state index < -0.39 is 0 Å². The molecular formula is C21H28N6O2S. The van der Waals surface area contributed by atoms with Gasteiger partial charge in [0.1, 0.15) is 12.4 Å². The van der Waals surface area contributed by atoms with Crippen molar-refractivity contribution in [2.24, 2.45) is 4.99 Å². The Morgan fingerprint density at radius 3 is 2.73 bits per heavy atom. The molecule has 30 heavy (non-hydrogen) atoms. The molecule has 1 fully saturated rings. The van der Waals surface area contributed by atoms with E-state index in [1.807, 2.05) is 25.2 Å². The third-order valence-corrected chi connectivity index (χ3v) is 5.64. The predicted octanol–water partition coefficient (Wildman–Crippen LogP) is 2.02. The van der Waals surface area contributed by atoms with E-state index in [0.29, 0.717) is 18.0 Å². The molecule has 1 saturated heterocycles. The lowest BCUT2D eigenvalue weighted by Crippen LogP contribution is -2.52. The van der Waals surface area contributed by atoms with E-state index in [1.54, 1.807) is 7.11 Å². The number of ether oxygens (including phenoxy) is 2. The Hall–Kier alpha value is -2.99. The molecule has 1 aromatic carbocycles. The van der Waals surface area contributed by atoms with Crippen LogP contribution in [-0.2, 0) is 13.0 Å². The van der Waals surface area contributed by atoms with Crippen LogP contribution in [0.5, 0.6) is 11.5 Å². The third-order valence-electron chi connectivity index (χ3n) is 4.82. The second-order valence-electron chi connectivity index (χ2n) is 6.70. The zero-order valence-electron chi connectivity index (χ0n) is 17.7. The van der Waals surface area contributed by atoms with Gasteiger partial charge in [-0.05, 0) is 17.7 Å². The van der Waals surface area contributed by atoms with Crippen molar-refractivity contribution in [2.45, 2.75) is 19.9 Å². The number of methoxy groups -OCH3 is 1. The van der Waals surface area contributed by atoms with Crippen molar-refractivity contribution < 1.29 is 9.47 Å². The van der Waals surface area contributed by atoms with Crippen LogP contribution in [-0.4, -0.2) is 67.2 Å². The molecule has 0 aliphatic carbocycles. The average molecular weight is 429 g/mol. The normalized spacial score (nSPS) is 14.4. The first kappa shape index (κ1) is 21.7. The van der Waals surface area contributed by atoms with Crippen molar-refractivity contribution in [2.75, 3.05) is 51.8 Å². The van der Waals surface area contributed by atoms with Crippen LogP contribution in [0.25, 0.3) is 0 Å². The quantitative estimate of drug-likeness (QED) is 0.411. The number of hydrogen-bond donors (Lipinski definition) is 1. The summed E-state index contributed by atoms with van der Waals surface area (Å²) in [5.74, 6) is 5.58. The first-order chi connectivity index (χ1) is 14.7. The summed E-state index contributed by atoms with van der Waals surface area (Å²) in [6, 6.07) is 5.83. The number of anilines is 1. The van der Waals surface area contributed by atoms with Gasteiger partial charge < -0.3 is 24.6 Å². The van der Waals surface area contributed by atoms with Gasteiger partial charge in [0.15, 0.2) is 17.5 Å².